The third-order valence-corrected chi connectivity index (χ3v) is 4.91. The molecule has 0 aromatic carbocycles. The van der Waals surface area contributed by atoms with E-state index in [1.54, 1.807) is 5.38 Å². The zero-order valence-corrected chi connectivity index (χ0v) is 13.1. The van der Waals surface area contributed by atoms with E-state index in [1.807, 2.05) is 0 Å². The van der Waals surface area contributed by atoms with Crippen molar-refractivity contribution in [2.75, 3.05) is 5.32 Å². The number of amides is 2. The number of hydrogen-bond donors (Lipinski definition) is 1. The number of carbonyl (C=O) groups is 2. The first-order valence-corrected chi connectivity index (χ1v) is 8.59. The minimum Gasteiger partial charge on any atom is -0.331 e. The van der Waals surface area contributed by atoms with Crippen LogP contribution in [-0.2, 0) is 4.79 Å². The van der Waals surface area contributed by atoms with Crippen molar-refractivity contribution >= 4 is 28.3 Å². The lowest BCUT2D eigenvalue weighted by molar-refractivity contribution is -0.114. The minimum absolute atomic E-state index is 0.0391. The number of nitrogens with zero attached hydrogens (tertiary/aromatic N) is 2. The van der Waals surface area contributed by atoms with Gasteiger partial charge in [-0.1, -0.05) is 19.3 Å². The van der Waals surface area contributed by atoms with Crippen LogP contribution in [-0.4, -0.2) is 33.8 Å². The summed E-state index contributed by atoms with van der Waals surface area (Å²) in [7, 11) is 0. The van der Waals surface area contributed by atoms with Crippen molar-refractivity contribution in [1.29, 1.82) is 0 Å². The second-order valence-corrected chi connectivity index (χ2v) is 6.81. The van der Waals surface area contributed by atoms with Crippen LogP contribution in [0.3, 0.4) is 0 Å². The molecule has 21 heavy (non-hydrogen) atoms. The molecule has 1 aromatic heterocycles. The van der Waals surface area contributed by atoms with Gasteiger partial charge >= 0.3 is 0 Å². The summed E-state index contributed by atoms with van der Waals surface area (Å²) in [6.07, 6.45) is 8.18. The Morgan fingerprint density at radius 2 is 1.86 bits per heavy atom. The molecule has 0 radical (unpaired) electrons. The molecule has 3 rings (SSSR count). The molecule has 1 aromatic rings. The maximum Gasteiger partial charge on any atom is 0.273 e. The van der Waals surface area contributed by atoms with E-state index >= 15 is 0 Å². The van der Waals surface area contributed by atoms with Crippen LogP contribution in [0.2, 0.25) is 0 Å². The number of hydrogen-bond acceptors (Lipinski definition) is 4. The van der Waals surface area contributed by atoms with Gasteiger partial charge in [0, 0.05) is 24.4 Å². The Balaban J connectivity index is 1.74. The Hall–Kier alpha value is -1.43. The highest BCUT2D eigenvalue weighted by molar-refractivity contribution is 7.14. The molecule has 1 N–H and O–H groups in total. The number of nitrogens with one attached hydrogen (secondary N) is 1. The summed E-state index contributed by atoms with van der Waals surface area (Å²) in [6.45, 7) is 1.45. The average Bonchev–Trinajstić information content (AvgIpc) is 3.18. The van der Waals surface area contributed by atoms with Gasteiger partial charge in [-0.25, -0.2) is 4.98 Å². The van der Waals surface area contributed by atoms with Crippen molar-refractivity contribution in [1.82, 2.24) is 9.88 Å². The molecule has 0 spiro atoms. The summed E-state index contributed by atoms with van der Waals surface area (Å²) >= 11 is 1.31. The summed E-state index contributed by atoms with van der Waals surface area (Å²) < 4.78 is 0. The molecule has 0 bridgehead atoms. The maximum absolute atomic E-state index is 12.8. The fourth-order valence-electron chi connectivity index (χ4n) is 3.05. The molecule has 0 unspecified atom stereocenters. The van der Waals surface area contributed by atoms with Gasteiger partial charge in [-0.2, -0.15) is 0 Å². The first-order chi connectivity index (χ1) is 10.1. The van der Waals surface area contributed by atoms with Gasteiger partial charge in [0.2, 0.25) is 5.91 Å². The fraction of sp³-hybridized carbons (Fsp3) is 0.667. The van der Waals surface area contributed by atoms with E-state index in [1.165, 1.54) is 37.5 Å². The molecule has 6 heteroatoms. The quantitative estimate of drug-likeness (QED) is 0.930. The Kier molecular flexibility index (Phi) is 4.24. The van der Waals surface area contributed by atoms with Crippen LogP contribution < -0.4 is 5.32 Å². The molecule has 5 nitrogen and oxygen atoms in total. The molecular weight excluding hydrogens is 286 g/mol. The summed E-state index contributed by atoms with van der Waals surface area (Å²) in [5.74, 6) is -0.119. The van der Waals surface area contributed by atoms with Gasteiger partial charge in [-0.3, -0.25) is 9.59 Å². The van der Waals surface area contributed by atoms with Crippen molar-refractivity contribution < 1.29 is 9.59 Å². The zero-order valence-electron chi connectivity index (χ0n) is 12.3. The van der Waals surface area contributed by atoms with Crippen LogP contribution in [0.15, 0.2) is 5.38 Å². The molecule has 2 aliphatic carbocycles. The maximum atomic E-state index is 12.8. The lowest BCUT2D eigenvalue weighted by Crippen LogP contribution is -2.43. The van der Waals surface area contributed by atoms with Gasteiger partial charge in [0.15, 0.2) is 5.13 Å². The smallest absolute Gasteiger partial charge is 0.273 e. The monoisotopic (exact) mass is 307 g/mol. The second-order valence-electron chi connectivity index (χ2n) is 5.95. The second kappa shape index (κ2) is 6.13. The van der Waals surface area contributed by atoms with Gasteiger partial charge in [-0.15, -0.1) is 11.3 Å². The normalized spacial score (nSPS) is 19.3. The van der Waals surface area contributed by atoms with Crippen molar-refractivity contribution in [3.05, 3.63) is 11.1 Å². The molecule has 114 valence electrons. The van der Waals surface area contributed by atoms with Gasteiger partial charge in [0.1, 0.15) is 5.69 Å². The number of aromatic nitrogens is 1. The summed E-state index contributed by atoms with van der Waals surface area (Å²) in [5, 5.41) is 4.90. The van der Waals surface area contributed by atoms with E-state index in [4.69, 9.17) is 0 Å². The van der Waals surface area contributed by atoms with E-state index in [0.29, 0.717) is 22.9 Å². The molecule has 2 amide bonds. The Morgan fingerprint density at radius 3 is 2.48 bits per heavy atom. The largest absolute Gasteiger partial charge is 0.331 e. The highest BCUT2D eigenvalue weighted by Gasteiger charge is 2.38. The molecule has 0 aliphatic heterocycles. The molecule has 2 aliphatic rings. The van der Waals surface area contributed by atoms with Crippen LogP contribution in [0.25, 0.3) is 0 Å². The average molecular weight is 307 g/mol. The summed E-state index contributed by atoms with van der Waals surface area (Å²) in [5.41, 5.74) is 0.473. The van der Waals surface area contributed by atoms with Crippen molar-refractivity contribution in [2.45, 2.75) is 64.0 Å². The van der Waals surface area contributed by atoms with Crippen LogP contribution in [0, 0.1) is 0 Å². The molecule has 1 heterocycles. The number of anilines is 1. The van der Waals surface area contributed by atoms with E-state index in [2.05, 4.69) is 15.2 Å². The van der Waals surface area contributed by atoms with E-state index in [-0.39, 0.29) is 11.8 Å². The molecule has 2 fully saturated rings. The topological polar surface area (TPSA) is 62.3 Å². The van der Waals surface area contributed by atoms with Crippen LogP contribution >= 0.6 is 11.3 Å². The zero-order chi connectivity index (χ0) is 14.8. The van der Waals surface area contributed by atoms with E-state index in [0.717, 1.165) is 25.7 Å². The first kappa shape index (κ1) is 14.5. The highest BCUT2D eigenvalue weighted by atomic mass is 32.1. The Morgan fingerprint density at radius 1 is 1.19 bits per heavy atom. The number of thiazole rings is 1. The summed E-state index contributed by atoms with van der Waals surface area (Å²) in [4.78, 5) is 30.2. The standard InChI is InChI=1S/C15H21N3O2S/c1-10(19)16-15-17-13(9-21-15)14(20)18(12-7-8-12)11-5-3-2-4-6-11/h9,11-12H,2-8H2,1H3,(H,16,17,19). The number of carbonyl (C=O) groups excluding carboxylic acids is 2. The van der Waals surface area contributed by atoms with E-state index < -0.39 is 0 Å². The van der Waals surface area contributed by atoms with Gasteiger partial charge in [0.25, 0.3) is 5.91 Å². The number of rotatable bonds is 4. The predicted molar refractivity (Wildman–Crippen MR) is 82.5 cm³/mol. The molecule has 0 saturated heterocycles. The lowest BCUT2D eigenvalue weighted by Gasteiger charge is -2.34. The fourth-order valence-corrected chi connectivity index (χ4v) is 3.78. The summed E-state index contributed by atoms with van der Waals surface area (Å²) in [6, 6.07) is 0.788. The minimum atomic E-state index is -0.158. The van der Waals surface area contributed by atoms with Crippen molar-refractivity contribution in [3.8, 4) is 0 Å². The molecular formula is C15H21N3O2S. The third kappa shape index (κ3) is 3.43. The highest BCUT2D eigenvalue weighted by Crippen LogP contribution is 2.35. The van der Waals surface area contributed by atoms with Crippen molar-refractivity contribution in [3.63, 3.8) is 0 Å². The van der Waals surface area contributed by atoms with Gasteiger partial charge < -0.3 is 10.2 Å². The van der Waals surface area contributed by atoms with Crippen molar-refractivity contribution in [2.24, 2.45) is 0 Å². The van der Waals surface area contributed by atoms with Crippen LogP contribution in [0.5, 0.6) is 0 Å². The van der Waals surface area contributed by atoms with Gasteiger partial charge in [0.05, 0.1) is 0 Å². The van der Waals surface area contributed by atoms with E-state index in [9.17, 15) is 9.59 Å². The third-order valence-electron chi connectivity index (χ3n) is 4.15. The van der Waals surface area contributed by atoms with Gasteiger partial charge in [-0.05, 0) is 25.7 Å². The SMILES string of the molecule is CC(=O)Nc1nc(C(=O)N(C2CCCCC2)C2CC2)cs1. The molecule has 2 saturated carbocycles. The first-order valence-electron chi connectivity index (χ1n) is 7.71. The van der Waals surface area contributed by atoms with Crippen LogP contribution in [0.4, 0.5) is 5.13 Å². The lowest BCUT2D eigenvalue weighted by atomic mass is 9.94. The van der Waals surface area contributed by atoms with Crippen LogP contribution in [0.1, 0.15) is 62.4 Å². The molecule has 0 atom stereocenters. The predicted octanol–water partition coefficient (Wildman–Crippen LogP) is 3.04. The Bertz CT molecular complexity index is 533. The Labute approximate surface area is 128 Å².